The molecule has 2 aromatic carbocycles. The summed E-state index contributed by atoms with van der Waals surface area (Å²) < 4.78 is 10.6. The van der Waals surface area contributed by atoms with Gasteiger partial charge in [0, 0.05) is 12.1 Å². The molecule has 1 aliphatic heterocycles. The molecule has 7 heteroatoms. The van der Waals surface area contributed by atoms with E-state index in [4.69, 9.17) is 14.6 Å². The highest BCUT2D eigenvalue weighted by atomic mass is 16.5. The molecule has 1 atom stereocenters. The van der Waals surface area contributed by atoms with Gasteiger partial charge in [0.1, 0.15) is 11.5 Å². The number of hydrogen-bond donors (Lipinski definition) is 2. The van der Waals surface area contributed by atoms with Crippen LogP contribution in [0.15, 0.2) is 60.2 Å². The fraction of sp³-hybridized carbons (Fsp3) is 0.273. The van der Waals surface area contributed by atoms with Crippen LogP contribution >= 0.6 is 0 Å². The number of aliphatic hydroxyl groups excluding tert-OH is 2. The van der Waals surface area contributed by atoms with E-state index in [1.54, 1.807) is 54.6 Å². The van der Waals surface area contributed by atoms with Crippen molar-refractivity contribution in [1.82, 2.24) is 4.90 Å². The lowest BCUT2D eigenvalue weighted by molar-refractivity contribution is -0.140. The second-order valence-corrected chi connectivity index (χ2v) is 6.47. The third kappa shape index (κ3) is 4.31. The zero-order chi connectivity index (χ0) is 20.8. The number of aliphatic hydroxyl groups is 2. The summed E-state index contributed by atoms with van der Waals surface area (Å²) in [4.78, 5) is 27.0. The van der Waals surface area contributed by atoms with E-state index in [0.717, 1.165) is 0 Å². The minimum atomic E-state index is -0.775. The van der Waals surface area contributed by atoms with Crippen molar-refractivity contribution >= 4 is 17.4 Å². The highest BCUT2D eigenvalue weighted by Gasteiger charge is 2.45. The van der Waals surface area contributed by atoms with Gasteiger partial charge in [0.25, 0.3) is 11.7 Å². The lowest BCUT2D eigenvalue weighted by atomic mass is 9.95. The number of carbonyl (C=O) groups is 2. The molecular formula is C22H23NO6. The lowest BCUT2D eigenvalue weighted by Gasteiger charge is -2.25. The van der Waals surface area contributed by atoms with Gasteiger partial charge in [0.15, 0.2) is 0 Å². The standard InChI is InChI=1S/C22H23NO6/c1-28-17-9-5-8-16(14-17)19-18(20(25)15-6-3-2-4-7-15)21(26)22(27)23(19)10-12-29-13-11-24/h2-9,14,19,24-25H,10-13H2,1H3. The molecule has 2 N–H and O–H groups in total. The highest BCUT2D eigenvalue weighted by Crippen LogP contribution is 2.39. The van der Waals surface area contributed by atoms with Crippen molar-refractivity contribution in [2.45, 2.75) is 6.04 Å². The first-order chi connectivity index (χ1) is 14.1. The molecule has 2 aromatic rings. The molecule has 1 amide bonds. The topological polar surface area (TPSA) is 96.3 Å². The second-order valence-electron chi connectivity index (χ2n) is 6.47. The van der Waals surface area contributed by atoms with Crippen LogP contribution in [0.4, 0.5) is 0 Å². The van der Waals surface area contributed by atoms with E-state index in [9.17, 15) is 14.7 Å². The minimum Gasteiger partial charge on any atom is -0.507 e. The lowest BCUT2D eigenvalue weighted by Crippen LogP contribution is -2.33. The molecule has 1 saturated heterocycles. The van der Waals surface area contributed by atoms with Gasteiger partial charge < -0.3 is 24.6 Å². The van der Waals surface area contributed by atoms with Gasteiger partial charge in [-0.2, -0.15) is 0 Å². The van der Waals surface area contributed by atoms with E-state index in [0.29, 0.717) is 16.9 Å². The maximum absolute atomic E-state index is 12.8. The fourth-order valence-corrected chi connectivity index (χ4v) is 3.35. The van der Waals surface area contributed by atoms with Gasteiger partial charge in [-0.25, -0.2) is 0 Å². The predicted molar refractivity (Wildman–Crippen MR) is 106 cm³/mol. The minimum absolute atomic E-state index is 0.0246. The van der Waals surface area contributed by atoms with Crippen LogP contribution in [0.2, 0.25) is 0 Å². The van der Waals surface area contributed by atoms with Gasteiger partial charge >= 0.3 is 0 Å². The van der Waals surface area contributed by atoms with Crippen LogP contribution in [-0.2, 0) is 14.3 Å². The molecule has 0 aromatic heterocycles. The van der Waals surface area contributed by atoms with Crippen LogP contribution in [0.1, 0.15) is 17.2 Å². The number of benzene rings is 2. The maximum Gasteiger partial charge on any atom is 0.295 e. The summed E-state index contributed by atoms with van der Waals surface area (Å²) >= 11 is 0. The van der Waals surface area contributed by atoms with Crippen molar-refractivity contribution < 1.29 is 29.3 Å². The predicted octanol–water partition coefficient (Wildman–Crippen LogP) is 2.13. The normalized spacial score (nSPS) is 18.3. The highest BCUT2D eigenvalue weighted by molar-refractivity contribution is 6.46. The Kier molecular flexibility index (Phi) is 6.64. The molecule has 152 valence electrons. The molecule has 0 spiro atoms. The largest absolute Gasteiger partial charge is 0.507 e. The van der Waals surface area contributed by atoms with Gasteiger partial charge in [-0.3, -0.25) is 9.59 Å². The van der Waals surface area contributed by atoms with Crippen molar-refractivity contribution in [3.63, 3.8) is 0 Å². The van der Waals surface area contributed by atoms with E-state index < -0.39 is 17.7 Å². The Hall–Kier alpha value is -3.16. The first kappa shape index (κ1) is 20.6. The van der Waals surface area contributed by atoms with E-state index >= 15 is 0 Å². The van der Waals surface area contributed by atoms with Gasteiger partial charge in [-0.05, 0) is 17.7 Å². The van der Waals surface area contributed by atoms with E-state index in [-0.39, 0.29) is 37.7 Å². The summed E-state index contributed by atoms with van der Waals surface area (Å²) in [5.41, 5.74) is 1.12. The summed E-state index contributed by atoms with van der Waals surface area (Å²) in [6.07, 6.45) is 0. The fourth-order valence-electron chi connectivity index (χ4n) is 3.35. The average molecular weight is 397 g/mol. The molecule has 3 rings (SSSR count). The monoisotopic (exact) mass is 397 g/mol. The first-order valence-electron chi connectivity index (χ1n) is 9.25. The molecule has 1 unspecified atom stereocenters. The number of hydrogen-bond acceptors (Lipinski definition) is 6. The molecule has 0 aliphatic carbocycles. The Morgan fingerprint density at radius 1 is 1.07 bits per heavy atom. The average Bonchev–Trinajstić information content (AvgIpc) is 3.01. The Labute approximate surface area is 168 Å². The number of ether oxygens (including phenoxy) is 2. The number of ketones is 1. The van der Waals surface area contributed by atoms with Crippen molar-refractivity contribution in [3.8, 4) is 5.75 Å². The molecule has 0 radical (unpaired) electrons. The van der Waals surface area contributed by atoms with E-state index in [1.807, 2.05) is 0 Å². The summed E-state index contributed by atoms with van der Waals surface area (Å²) in [6, 6.07) is 14.9. The Morgan fingerprint density at radius 3 is 2.52 bits per heavy atom. The van der Waals surface area contributed by atoms with Crippen LogP contribution < -0.4 is 4.74 Å². The number of methoxy groups -OCH3 is 1. The Balaban J connectivity index is 2.07. The van der Waals surface area contributed by atoms with Gasteiger partial charge in [0.05, 0.1) is 38.5 Å². The summed E-state index contributed by atoms with van der Waals surface area (Å²) in [6.45, 7) is 0.293. The van der Waals surface area contributed by atoms with Gasteiger partial charge in [-0.15, -0.1) is 0 Å². The molecule has 29 heavy (non-hydrogen) atoms. The number of rotatable bonds is 8. The molecule has 1 heterocycles. The van der Waals surface area contributed by atoms with Gasteiger partial charge in [0.2, 0.25) is 0 Å². The summed E-state index contributed by atoms with van der Waals surface area (Å²) in [5, 5.41) is 19.7. The number of likely N-dealkylation sites (tertiary alicyclic amines) is 1. The van der Waals surface area contributed by atoms with Crippen LogP contribution in [0, 0.1) is 0 Å². The van der Waals surface area contributed by atoms with Crippen LogP contribution in [-0.4, -0.2) is 60.3 Å². The van der Waals surface area contributed by atoms with E-state index in [1.165, 1.54) is 12.0 Å². The third-order valence-electron chi connectivity index (χ3n) is 4.71. The number of Topliss-reactive ketones (excluding diaryl/α,β-unsaturated/α-hetero) is 1. The zero-order valence-corrected chi connectivity index (χ0v) is 16.1. The molecule has 0 saturated carbocycles. The molecule has 1 aliphatic rings. The van der Waals surface area contributed by atoms with Crippen molar-refractivity contribution in [2.75, 3.05) is 33.5 Å². The second kappa shape index (κ2) is 9.36. The van der Waals surface area contributed by atoms with E-state index in [2.05, 4.69) is 0 Å². The Bertz CT molecular complexity index is 909. The number of amides is 1. The van der Waals surface area contributed by atoms with Crippen LogP contribution in [0.3, 0.4) is 0 Å². The van der Waals surface area contributed by atoms with Crippen LogP contribution in [0.25, 0.3) is 5.76 Å². The number of nitrogens with zero attached hydrogens (tertiary/aromatic N) is 1. The molecular weight excluding hydrogens is 374 g/mol. The van der Waals surface area contributed by atoms with Crippen LogP contribution in [0.5, 0.6) is 5.75 Å². The molecule has 7 nitrogen and oxygen atoms in total. The third-order valence-corrected chi connectivity index (χ3v) is 4.71. The zero-order valence-electron chi connectivity index (χ0n) is 16.1. The quantitative estimate of drug-likeness (QED) is 0.307. The SMILES string of the molecule is COc1cccc(C2C(=C(O)c3ccccc3)C(=O)C(=O)N2CCOCCO)c1. The summed E-state index contributed by atoms with van der Waals surface area (Å²) in [5.74, 6) is -1.11. The van der Waals surface area contributed by atoms with Crippen molar-refractivity contribution in [2.24, 2.45) is 0 Å². The van der Waals surface area contributed by atoms with Gasteiger partial charge in [-0.1, -0.05) is 42.5 Å². The molecule has 0 bridgehead atoms. The first-order valence-corrected chi connectivity index (χ1v) is 9.25. The van der Waals surface area contributed by atoms with Crippen molar-refractivity contribution in [1.29, 1.82) is 0 Å². The molecule has 1 fully saturated rings. The maximum atomic E-state index is 12.8. The number of carbonyl (C=O) groups excluding carboxylic acids is 2. The Morgan fingerprint density at radius 2 is 1.83 bits per heavy atom. The smallest absolute Gasteiger partial charge is 0.295 e. The van der Waals surface area contributed by atoms with Crippen molar-refractivity contribution in [3.05, 3.63) is 71.3 Å². The summed E-state index contributed by atoms with van der Waals surface area (Å²) in [7, 11) is 1.53.